The van der Waals surface area contributed by atoms with Crippen molar-refractivity contribution in [2.24, 2.45) is 0 Å². The van der Waals surface area contributed by atoms with E-state index in [0.717, 1.165) is 23.2 Å². The lowest BCUT2D eigenvalue weighted by molar-refractivity contribution is 0.0579. The van der Waals surface area contributed by atoms with Gasteiger partial charge in [-0.1, -0.05) is 18.2 Å². The second-order valence-electron chi connectivity index (χ2n) is 6.75. The summed E-state index contributed by atoms with van der Waals surface area (Å²) in [6, 6.07) is 5.78. The second kappa shape index (κ2) is 4.77. The number of hydrogen-bond donors (Lipinski definition) is 1. The minimum atomic E-state index is -0.990. The summed E-state index contributed by atoms with van der Waals surface area (Å²) in [7, 11) is 0. The molecule has 0 radical (unpaired) electrons. The highest BCUT2D eigenvalue weighted by atomic mass is 16.6. The molecule has 4 heteroatoms. The Hall–Kier alpha value is -1.55. The van der Waals surface area contributed by atoms with E-state index in [1.165, 1.54) is 0 Å². The normalized spacial score (nSPS) is 15.2. The van der Waals surface area contributed by atoms with Crippen molar-refractivity contribution in [2.45, 2.75) is 52.2 Å². The number of para-hydroxylation sites is 1. The number of fused-ring (bicyclic) bond motifs is 1. The molecule has 110 valence electrons. The van der Waals surface area contributed by atoms with Crippen molar-refractivity contribution in [1.29, 1.82) is 0 Å². The van der Waals surface area contributed by atoms with Crippen molar-refractivity contribution in [3.63, 3.8) is 0 Å². The SMILES string of the molecule is CC(C)(C)OC(=O)N1CCc2cccc(C(C)(C)O)c21. The minimum absolute atomic E-state index is 0.354. The van der Waals surface area contributed by atoms with Crippen LogP contribution < -0.4 is 4.90 Å². The standard InChI is InChI=1S/C16H23NO3/c1-15(2,3)20-14(18)17-10-9-11-7-6-8-12(13(11)17)16(4,5)19/h6-8,19H,9-10H2,1-5H3. The van der Waals surface area contributed by atoms with E-state index in [0.29, 0.717) is 6.54 Å². The van der Waals surface area contributed by atoms with E-state index >= 15 is 0 Å². The lowest BCUT2D eigenvalue weighted by Crippen LogP contribution is -2.37. The van der Waals surface area contributed by atoms with Crippen molar-refractivity contribution in [3.05, 3.63) is 29.3 Å². The van der Waals surface area contributed by atoms with Gasteiger partial charge in [-0.25, -0.2) is 4.79 Å². The third kappa shape index (κ3) is 2.96. The Labute approximate surface area is 120 Å². The predicted octanol–water partition coefficient (Wildman–Crippen LogP) is 3.21. The zero-order valence-corrected chi connectivity index (χ0v) is 12.9. The maximum Gasteiger partial charge on any atom is 0.414 e. The number of amides is 1. The zero-order chi connectivity index (χ0) is 15.1. The maximum absolute atomic E-state index is 12.3. The van der Waals surface area contributed by atoms with E-state index in [-0.39, 0.29) is 6.09 Å². The fraction of sp³-hybridized carbons (Fsp3) is 0.562. The molecule has 0 aliphatic carbocycles. The van der Waals surface area contributed by atoms with Gasteiger partial charge >= 0.3 is 6.09 Å². The van der Waals surface area contributed by atoms with Gasteiger partial charge in [-0.2, -0.15) is 0 Å². The average molecular weight is 277 g/mol. The van der Waals surface area contributed by atoms with E-state index in [9.17, 15) is 9.90 Å². The van der Waals surface area contributed by atoms with Gasteiger partial charge in [0.25, 0.3) is 0 Å². The van der Waals surface area contributed by atoms with Crippen LogP contribution in [-0.4, -0.2) is 23.3 Å². The molecule has 1 aliphatic heterocycles. The number of carbonyl (C=O) groups excluding carboxylic acids is 1. The summed E-state index contributed by atoms with van der Waals surface area (Å²) >= 11 is 0. The van der Waals surface area contributed by atoms with E-state index in [2.05, 4.69) is 0 Å². The number of carbonyl (C=O) groups is 1. The third-order valence-corrected chi connectivity index (χ3v) is 3.27. The number of hydrogen-bond acceptors (Lipinski definition) is 3. The highest BCUT2D eigenvalue weighted by molar-refractivity contribution is 5.92. The summed E-state index contributed by atoms with van der Waals surface area (Å²) in [4.78, 5) is 14.0. The molecular weight excluding hydrogens is 254 g/mol. The number of ether oxygens (including phenoxy) is 1. The summed E-state index contributed by atoms with van der Waals surface area (Å²) in [6.45, 7) is 9.61. The number of rotatable bonds is 1. The van der Waals surface area contributed by atoms with Crippen LogP contribution >= 0.6 is 0 Å². The molecule has 0 bridgehead atoms. The summed E-state index contributed by atoms with van der Waals surface area (Å²) in [5.41, 5.74) is 1.13. The van der Waals surface area contributed by atoms with Crippen LogP contribution in [0.2, 0.25) is 0 Å². The van der Waals surface area contributed by atoms with E-state index < -0.39 is 11.2 Å². The molecule has 1 aromatic carbocycles. The molecule has 0 aromatic heterocycles. The van der Waals surface area contributed by atoms with E-state index in [1.54, 1.807) is 18.7 Å². The van der Waals surface area contributed by atoms with Crippen LogP contribution in [-0.2, 0) is 16.8 Å². The highest BCUT2D eigenvalue weighted by Crippen LogP contribution is 2.38. The van der Waals surface area contributed by atoms with Crippen LogP contribution in [0.5, 0.6) is 0 Å². The molecule has 0 unspecified atom stereocenters. The fourth-order valence-corrected chi connectivity index (χ4v) is 2.45. The lowest BCUT2D eigenvalue weighted by atomic mass is 9.94. The van der Waals surface area contributed by atoms with Crippen molar-refractivity contribution in [1.82, 2.24) is 0 Å². The van der Waals surface area contributed by atoms with Crippen molar-refractivity contribution in [3.8, 4) is 0 Å². The first-order valence-corrected chi connectivity index (χ1v) is 6.95. The Bertz CT molecular complexity index is 524. The van der Waals surface area contributed by atoms with Gasteiger partial charge in [-0.05, 0) is 46.6 Å². The molecule has 0 saturated carbocycles. The quantitative estimate of drug-likeness (QED) is 0.857. The van der Waals surface area contributed by atoms with Gasteiger partial charge in [0.1, 0.15) is 5.60 Å². The highest BCUT2D eigenvalue weighted by Gasteiger charge is 2.34. The molecule has 0 atom stereocenters. The molecule has 0 spiro atoms. The Morgan fingerprint density at radius 1 is 1.25 bits per heavy atom. The smallest absolute Gasteiger partial charge is 0.414 e. The summed E-state index contributed by atoms with van der Waals surface area (Å²) in [5, 5.41) is 10.3. The fourth-order valence-electron chi connectivity index (χ4n) is 2.45. The number of anilines is 1. The molecule has 1 aromatic rings. The first kappa shape index (κ1) is 14.9. The molecular formula is C16H23NO3. The average Bonchev–Trinajstić information content (AvgIpc) is 2.68. The predicted molar refractivity (Wildman–Crippen MR) is 79.0 cm³/mol. The van der Waals surface area contributed by atoms with Gasteiger partial charge in [-0.15, -0.1) is 0 Å². The Kier molecular flexibility index (Phi) is 3.54. The monoisotopic (exact) mass is 277 g/mol. The topological polar surface area (TPSA) is 49.8 Å². The molecule has 0 saturated heterocycles. The van der Waals surface area contributed by atoms with Crippen LogP contribution in [0, 0.1) is 0 Å². The van der Waals surface area contributed by atoms with Crippen molar-refractivity contribution >= 4 is 11.8 Å². The number of nitrogens with zero attached hydrogens (tertiary/aromatic N) is 1. The van der Waals surface area contributed by atoms with Gasteiger partial charge in [0.2, 0.25) is 0 Å². The Morgan fingerprint density at radius 2 is 1.90 bits per heavy atom. The van der Waals surface area contributed by atoms with Gasteiger partial charge in [0.15, 0.2) is 0 Å². The lowest BCUT2D eigenvalue weighted by Gasteiger charge is -2.28. The van der Waals surface area contributed by atoms with Crippen LogP contribution in [0.1, 0.15) is 45.7 Å². The largest absolute Gasteiger partial charge is 0.443 e. The molecule has 1 N–H and O–H groups in total. The molecule has 1 aliphatic rings. The molecule has 20 heavy (non-hydrogen) atoms. The van der Waals surface area contributed by atoms with Gasteiger partial charge in [0.05, 0.1) is 11.3 Å². The van der Waals surface area contributed by atoms with Crippen LogP contribution in [0.4, 0.5) is 10.5 Å². The van der Waals surface area contributed by atoms with Gasteiger partial charge in [0, 0.05) is 12.1 Å². The Balaban J connectivity index is 2.39. The molecule has 1 amide bonds. The number of benzene rings is 1. The van der Waals surface area contributed by atoms with E-state index in [4.69, 9.17) is 4.74 Å². The molecule has 0 fully saturated rings. The van der Waals surface area contributed by atoms with Gasteiger partial charge < -0.3 is 9.84 Å². The van der Waals surface area contributed by atoms with Crippen molar-refractivity contribution < 1.29 is 14.6 Å². The third-order valence-electron chi connectivity index (χ3n) is 3.27. The first-order valence-electron chi connectivity index (χ1n) is 6.95. The summed E-state index contributed by atoms with van der Waals surface area (Å²) in [5.74, 6) is 0. The first-order chi connectivity index (χ1) is 9.09. The molecule has 4 nitrogen and oxygen atoms in total. The molecule has 2 rings (SSSR count). The van der Waals surface area contributed by atoms with Crippen molar-refractivity contribution in [2.75, 3.05) is 11.4 Å². The van der Waals surface area contributed by atoms with Crippen LogP contribution in [0.15, 0.2) is 18.2 Å². The van der Waals surface area contributed by atoms with Gasteiger partial charge in [-0.3, -0.25) is 4.90 Å². The maximum atomic E-state index is 12.3. The Morgan fingerprint density at radius 3 is 2.45 bits per heavy atom. The summed E-state index contributed by atoms with van der Waals surface area (Å²) < 4.78 is 5.45. The van der Waals surface area contributed by atoms with E-state index in [1.807, 2.05) is 39.0 Å². The zero-order valence-electron chi connectivity index (χ0n) is 12.9. The minimum Gasteiger partial charge on any atom is -0.443 e. The van der Waals surface area contributed by atoms with Crippen LogP contribution in [0.25, 0.3) is 0 Å². The summed E-state index contributed by atoms with van der Waals surface area (Å²) in [6.07, 6.45) is 0.436. The second-order valence-corrected chi connectivity index (χ2v) is 6.75. The molecule has 1 heterocycles. The van der Waals surface area contributed by atoms with Crippen LogP contribution in [0.3, 0.4) is 0 Å². The number of aliphatic hydroxyl groups is 1.